The van der Waals surface area contributed by atoms with Crippen molar-refractivity contribution in [1.29, 1.82) is 0 Å². The van der Waals surface area contributed by atoms with E-state index in [2.05, 4.69) is 72.2 Å². The Balaban J connectivity index is 2.25. The number of imidazole rings is 1. The monoisotopic (exact) mass is 285 g/mol. The highest BCUT2D eigenvalue weighted by molar-refractivity contribution is 5.20. The van der Waals surface area contributed by atoms with E-state index in [1.165, 1.54) is 11.4 Å². The number of rotatable bonds is 8. The smallest absolute Gasteiger partial charge is 0.108 e. The zero-order valence-corrected chi connectivity index (χ0v) is 13.4. The van der Waals surface area contributed by atoms with Gasteiger partial charge in [0.15, 0.2) is 0 Å². The fourth-order valence-corrected chi connectivity index (χ4v) is 2.82. The zero-order chi connectivity index (χ0) is 15.1. The molecule has 0 aliphatic rings. The lowest BCUT2D eigenvalue weighted by molar-refractivity contribution is 0.370. The van der Waals surface area contributed by atoms with Gasteiger partial charge in [-0.25, -0.2) is 4.98 Å². The summed E-state index contributed by atoms with van der Waals surface area (Å²) in [5, 5.41) is 3.69. The summed E-state index contributed by atoms with van der Waals surface area (Å²) in [6, 6.07) is 11.4. The summed E-state index contributed by atoms with van der Waals surface area (Å²) >= 11 is 0. The second-order valence-electron chi connectivity index (χ2n) is 5.58. The van der Waals surface area contributed by atoms with E-state index >= 15 is 0 Å². The lowest BCUT2D eigenvalue weighted by Crippen LogP contribution is -2.30. The second-order valence-corrected chi connectivity index (χ2v) is 5.58. The first kappa shape index (κ1) is 15.8. The summed E-state index contributed by atoms with van der Waals surface area (Å²) in [6.07, 6.45) is 7.33. The molecule has 2 aromatic rings. The molecule has 0 spiro atoms. The molecule has 114 valence electrons. The summed E-state index contributed by atoms with van der Waals surface area (Å²) in [6.45, 7) is 7.72. The fraction of sp³-hybridized carbons (Fsp3) is 0.500. The standard InChI is InChI=1S/C18H27N3/c1-4-9-17-19-13-14-21(17)15(3)18(20-12-5-2)16-10-7-6-8-11-16/h6-8,10-11,13-15,18,20H,4-5,9,12H2,1-3H3. The first-order valence-corrected chi connectivity index (χ1v) is 8.08. The molecule has 0 bridgehead atoms. The van der Waals surface area contributed by atoms with Crippen molar-refractivity contribution in [2.45, 2.75) is 52.1 Å². The zero-order valence-electron chi connectivity index (χ0n) is 13.4. The Bertz CT molecular complexity index is 518. The normalized spacial score (nSPS) is 14.0. The Morgan fingerprint density at radius 2 is 1.90 bits per heavy atom. The number of nitrogens with zero attached hydrogens (tertiary/aromatic N) is 2. The lowest BCUT2D eigenvalue weighted by atomic mass is 10.00. The van der Waals surface area contributed by atoms with Crippen molar-refractivity contribution in [1.82, 2.24) is 14.9 Å². The van der Waals surface area contributed by atoms with Crippen molar-refractivity contribution in [3.8, 4) is 0 Å². The van der Waals surface area contributed by atoms with Gasteiger partial charge in [-0.2, -0.15) is 0 Å². The largest absolute Gasteiger partial charge is 0.330 e. The predicted octanol–water partition coefficient (Wildman–Crippen LogP) is 4.14. The van der Waals surface area contributed by atoms with Gasteiger partial charge in [-0.15, -0.1) is 0 Å². The number of aryl methyl sites for hydroxylation is 1. The van der Waals surface area contributed by atoms with Crippen molar-refractivity contribution < 1.29 is 0 Å². The van der Waals surface area contributed by atoms with Gasteiger partial charge in [0.05, 0.1) is 12.1 Å². The Morgan fingerprint density at radius 1 is 1.14 bits per heavy atom. The molecule has 21 heavy (non-hydrogen) atoms. The van der Waals surface area contributed by atoms with Gasteiger partial charge in [-0.1, -0.05) is 44.2 Å². The first-order valence-electron chi connectivity index (χ1n) is 8.08. The third-order valence-corrected chi connectivity index (χ3v) is 3.92. The van der Waals surface area contributed by atoms with E-state index in [0.29, 0.717) is 12.1 Å². The molecule has 0 amide bonds. The highest BCUT2D eigenvalue weighted by Crippen LogP contribution is 2.27. The Labute approximate surface area is 128 Å². The van der Waals surface area contributed by atoms with Crippen LogP contribution in [0.3, 0.4) is 0 Å². The summed E-state index contributed by atoms with van der Waals surface area (Å²) in [4.78, 5) is 4.52. The van der Waals surface area contributed by atoms with Gasteiger partial charge in [-0.05, 0) is 31.9 Å². The lowest BCUT2D eigenvalue weighted by Gasteiger charge is -2.28. The van der Waals surface area contributed by atoms with Gasteiger partial charge in [-0.3, -0.25) is 0 Å². The average molecular weight is 285 g/mol. The highest BCUT2D eigenvalue weighted by Gasteiger charge is 2.21. The third kappa shape index (κ3) is 3.94. The van der Waals surface area contributed by atoms with Gasteiger partial charge in [0.25, 0.3) is 0 Å². The Kier molecular flexibility index (Phi) is 6.00. The van der Waals surface area contributed by atoms with Crippen molar-refractivity contribution in [2.75, 3.05) is 6.54 Å². The fourth-order valence-electron chi connectivity index (χ4n) is 2.82. The maximum atomic E-state index is 4.52. The van der Waals surface area contributed by atoms with Crippen LogP contribution >= 0.6 is 0 Å². The number of hydrogen-bond acceptors (Lipinski definition) is 2. The van der Waals surface area contributed by atoms with E-state index in [-0.39, 0.29) is 0 Å². The molecule has 1 aromatic carbocycles. The van der Waals surface area contributed by atoms with E-state index in [9.17, 15) is 0 Å². The molecule has 1 heterocycles. The van der Waals surface area contributed by atoms with Gasteiger partial charge in [0.2, 0.25) is 0 Å². The van der Waals surface area contributed by atoms with Crippen LogP contribution in [0.1, 0.15) is 57.1 Å². The summed E-state index contributed by atoms with van der Waals surface area (Å²) < 4.78 is 2.32. The highest BCUT2D eigenvalue weighted by atomic mass is 15.1. The van der Waals surface area contributed by atoms with Crippen LogP contribution in [-0.4, -0.2) is 16.1 Å². The number of hydrogen-bond donors (Lipinski definition) is 1. The van der Waals surface area contributed by atoms with Gasteiger partial charge in [0.1, 0.15) is 5.82 Å². The van der Waals surface area contributed by atoms with Crippen LogP contribution in [0, 0.1) is 0 Å². The topological polar surface area (TPSA) is 29.9 Å². The van der Waals surface area contributed by atoms with Crippen LogP contribution in [0.15, 0.2) is 42.7 Å². The van der Waals surface area contributed by atoms with Crippen LogP contribution in [0.4, 0.5) is 0 Å². The number of benzene rings is 1. The summed E-state index contributed by atoms with van der Waals surface area (Å²) in [5.41, 5.74) is 1.34. The van der Waals surface area contributed by atoms with Crippen LogP contribution in [-0.2, 0) is 6.42 Å². The molecule has 0 aliphatic carbocycles. The molecule has 0 aliphatic heterocycles. The minimum absolute atomic E-state index is 0.316. The summed E-state index contributed by atoms with van der Waals surface area (Å²) in [5.74, 6) is 1.18. The van der Waals surface area contributed by atoms with Crippen molar-refractivity contribution in [3.63, 3.8) is 0 Å². The third-order valence-electron chi connectivity index (χ3n) is 3.92. The van der Waals surface area contributed by atoms with E-state index < -0.39 is 0 Å². The maximum absolute atomic E-state index is 4.52. The minimum Gasteiger partial charge on any atom is -0.330 e. The maximum Gasteiger partial charge on any atom is 0.108 e. The molecule has 3 heteroatoms. The average Bonchev–Trinajstić information content (AvgIpc) is 2.97. The SMILES string of the molecule is CCCNC(c1ccccc1)C(C)n1ccnc1CCC. The van der Waals surface area contributed by atoms with Crippen LogP contribution in [0.2, 0.25) is 0 Å². The van der Waals surface area contributed by atoms with E-state index in [4.69, 9.17) is 0 Å². The predicted molar refractivity (Wildman–Crippen MR) is 88.4 cm³/mol. The second kappa shape index (κ2) is 7.99. The molecule has 1 N–H and O–H groups in total. The van der Waals surface area contributed by atoms with Crippen LogP contribution in [0.5, 0.6) is 0 Å². The first-order chi connectivity index (χ1) is 10.3. The van der Waals surface area contributed by atoms with Crippen molar-refractivity contribution in [3.05, 3.63) is 54.1 Å². The van der Waals surface area contributed by atoms with Gasteiger partial charge >= 0.3 is 0 Å². The Hall–Kier alpha value is -1.61. The van der Waals surface area contributed by atoms with E-state index in [1.807, 2.05) is 6.20 Å². The molecular weight excluding hydrogens is 258 g/mol. The van der Waals surface area contributed by atoms with Gasteiger partial charge < -0.3 is 9.88 Å². The van der Waals surface area contributed by atoms with Crippen molar-refractivity contribution in [2.24, 2.45) is 0 Å². The molecule has 3 nitrogen and oxygen atoms in total. The molecule has 2 atom stereocenters. The number of nitrogens with one attached hydrogen (secondary N) is 1. The molecule has 2 unspecified atom stereocenters. The summed E-state index contributed by atoms with van der Waals surface area (Å²) in [7, 11) is 0. The molecule has 1 aromatic heterocycles. The van der Waals surface area contributed by atoms with Crippen LogP contribution < -0.4 is 5.32 Å². The van der Waals surface area contributed by atoms with E-state index in [0.717, 1.165) is 25.8 Å². The molecule has 0 radical (unpaired) electrons. The van der Waals surface area contributed by atoms with E-state index in [1.54, 1.807) is 0 Å². The molecule has 2 rings (SSSR count). The quantitative estimate of drug-likeness (QED) is 0.790. The number of aromatic nitrogens is 2. The molecule has 0 saturated heterocycles. The van der Waals surface area contributed by atoms with Crippen LogP contribution in [0.25, 0.3) is 0 Å². The Morgan fingerprint density at radius 3 is 2.57 bits per heavy atom. The molecule has 0 saturated carbocycles. The minimum atomic E-state index is 0.316. The van der Waals surface area contributed by atoms with Crippen molar-refractivity contribution >= 4 is 0 Å². The molecular formula is C18H27N3. The molecule has 0 fully saturated rings. The van der Waals surface area contributed by atoms with Gasteiger partial charge in [0, 0.05) is 18.8 Å².